The van der Waals surface area contributed by atoms with Gasteiger partial charge >= 0.3 is 0 Å². The summed E-state index contributed by atoms with van der Waals surface area (Å²) in [6, 6.07) is 12.8. The third kappa shape index (κ3) is 3.81. The van der Waals surface area contributed by atoms with Crippen LogP contribution in [0.1, 0.15) is 23.1 Å². The summed E-state index contributed by atoms with van der Waals surface area (Å²) in [5, 5.41) is 10.2. The first kappa shape index (κ1) is 15.0. The van der Waals surface area contributed by atoms with E-state index in [9.17, 15) is 9.50 Å². The van der Waals surface area contributed by atoms with E-state index in [-0.39, 0.29) is 5.02 Å². The van der Waals surface area contributed by atoms with Gasteiger partial charge in [0.05, 0.1) is 11.1 Å². The lowest BCUT2D eigenvalue weighted by atomic mass is 9.99. The average molecular weight is 293 g/mol. The van der Waals surface area contributed by atoms with E-state index >= 15 is 0 Å². The SMILES string of the molecule is Cc1ccccc1CCC(O)Cc1cccc(F)c1Cl. The summed E-state index contributed by atoms with van der Waals surface area (Å²) in [7, 11) is 0. The van der Waals surface area contributed by atoms with Crippen LogP contribution in [0.3, 0.4) is 0 Å². The van der Waals surface area contributed by atoms with E-state index in [0.717, 1.165) is 6.42 Å². The molecule has 0 aliphatic rings. The fraction of sp³-hybridized carbons (Fsp3) is 0.294. The molecule has 0 amide bonds. The van der Waals surface area contributed by atoms with E-state index in [0.29, 0.717) is 18.4 Å². The number of rotatable bonds is 5. The van der Waals surface area contributed by atoms with Crippen LogP contribution in [-0.2, 0) is 12.8 Å². The Labute approximate surface area is 124 Å². The average Bonchev–Trinajstić information content (AvgIpc) is 2.43. The molecule has 2 rings (SSSR count). The highest BCUT2D eigenvalue weighted by molar-refractivity contribution is 6.31. The molecule has 0 bridgehead atoms. The second kappa shape index (κ2) is 6.87. The van der Waals surface area contributed by atoms with Gasteiger partial charge in [-0.25, -0.2) is 4.39 Å². The van der Waals surface area contributed by atoms with Crippen molar-refractivity contribution in [2.75, 3.05) is 0 Å². The standard InChI is InChI=1S/C17H18ClFO/c1-12-5-2-3-6-13(12)9-10-15(20)11-14-7-4-8-16(19)17(14)18/h2-8,15,20H,9-11H2,1H3. The fourth-order valence-corrected chi connectivity index (χ4v) is 2.48. The van der Waals surface area contributed by atoms with Crippen molar-refractivity contribution in [1.82, 2.24) is 0 Å². The molecular weight excluding hydrogens is 275 g/mol. The third-order valence-electron chi connectivity index (χ3n) is 3.50. The molecule has 1 unspecified atom stereocenters. The van der Waals surface area contributed by atoms with Crippen molar-refractivity contribution < 1.29 is 9.50 Å². The van der Waals surface area contributed by atoms with E-state index < -0.39 is 11.9 Å². The molecule has 0 aliphatic heterocycles. The first-order valence-corrected chi connectivity index (χ1v) is 7.11. The van der Waals surface area contributed by atoms with Crippen molar-refractivity contribution >= 4 is 11.6 Å². The van der Waals surface area contributed by atoms with Gasteiger partial charge in [-0.05, 0) is 48.9 Å². The fourth-order valence-electron chi connectivity index (χ4n) is 2.27. The van der Waals surface area contributed by atoms with Crippen molar-refractivity contribution in [3.05, 3.63) is 70.0 Å². The smallest absolute Gasteiger partial charge is 0.142 e. The minimum absolute atomic E-state index is 0.113. The van der Waals surface area contributed by atoms with Gasteiger partial charge in [0.1, 0.15) is 5.82 Å². The van der Waals surface area contributed by atoms with Gasteiger partial charge < -0.3 is 5.11 Å². The second-order valence-corrected chi connectivity index (χ2v) is 5.41. The summed E-state index contributed by atoms with van der Waals surface area (Å²) in [5.74, 6) is -0.435. The predicted molar refractivity (Wildman–Crippen MR) is 80.6 cm³/mol. The topological polar surface area (TPSA) is 20.2 Å². The Morgan fingerprint density at radius 1 is 1.10 bits per heavy atom. The summed E-state index contributed by atoms with van der Waals surface area (Å²) in [4.78, 5) is 0. The molecule has 0 saturated carbocycles. The van der Waals surface area contributed by atoms with E-state index in [1.54, 1.807) is 12.1 Å². The number of aliphatic hydroxyl groups excluding tert-OH is 1. The van der Waals surface area contributed by atoms with E-state index in [1.807, 2.05) is 12.1 Å². The van der Waals surface area contributed by atoms with Crippen LogP contribution in [0, 0.1) is 12.7 Å². The van der Waals surface area contributed by atoms with Crippen LogP contribution >= 0.6 is 11.6 Å². The normalized spacial score (nSPS) is 12.4. The number of benzene rings is 2. The Balaban J connectivity index is 1.94. The number of aliphatic hydroxyl groups is 1. The Morgan fingerprint density at radius 3 is 2.55 bits per heavy atom. The molecule has 0 spiro atoms. The molecule has 1 atom stereocenters. The summed E-state index contributed by atoms with van der Waals surface area (Å²) in [5.41, 5.74) is 3.12. The summed E-state index contributed by atoms with van der Waals surface area (Å²) in [6.07, 6.45) is 1.30. The maximum Gasteiger partial charge on any atom is 0.142 e. The molecule has 0 fully saturated rings. The maximum absolute atomic E-state index is 13.3. The van der Waals surface area contributed by atoms with Crippen LogP contribution in [0.2, 0.25) is 5.02 Å². The quantitative estimate of drug-likeness (QED) is 0.870. The first-order chi connectivity index (χ1) is 9.58. The monoisotopic (exact) mass is 292 g/mol. The lowest BCUT2D eigenvalue weighted by Crippen LogP contribution is -2.12. The van der Waals surface area contributed by atoms with Crippen LogP contribution in [0.25, 0.3) is 0 Å². The van der Waals surface area contributed by atoms with Crippen molar-refractivity contribution in [2.45, 2.75) is 32.3 Å². The Hall–Kier alpha value is -1.38. The molecule has 2 aromatic carbocycles. The number of hydrogen-bond acceptors (Lipinski definition) is 1. The molecule has 20 heavy (non-hydrogen) atoms. The van der Waals surface area contributed by atoms with Gasteiger partial charge in [0, 0.05) is 0 Å². The molecule has 106 valence electrons. The highest BCUT2D eigenvalue weighted by Gasteiger charge is 2.11. The van der Waals surface area contributed by atoms with Crippen LogP contribution < -0.4 is 0 Å². The van der Waals surface area contributed by atoms with Crippen molar-refractivity contribution in [1.29, 1.82) is 0 Å². The van der Waals surface area contributed by atoms with Crippen LogP contribution in [-0.4, -0.2) is 11.2 Å². The Morgan fingerprint density at radius 2 is 1.80 bits per heavy atom. The predicted octanol–water partition coefficient (Wildman–Crippen LogP) is 4.32. The highest BCUT2D eigenvalue weighted by atomic mass is 35.5. The molecule has 1 nitrogen and oxygen atoms in total. The first-order valence-electron chi connectivity index (χ1n) is 6.73. The zero-order valence-corrected chi connectivity index (χ0v) is 12.2. The maximum atomic E-state index is 13.3. The molecule has 3 heteroatoms. The number of halogens is 2. The minimum Gasteiger partial charge on any atom is -0.393 e. The van der Waals surface area contributed by atoms with E-state index in [1.165, 1.54) is 17.2 Å². The van der Waals surface area contributed by atoms with E-state index in [2.05, 4.69) is 19.1 Å². The minimum atomic E-state index is -0.520. The molecular formula is C17H18ClFO. The van der Waals surface area contributed by atoms with Gasteiger partial charge in [-0.2, -0.15) is 0 Å². The van der Waals surface area contributed by atoms with Gasteiger partial charge in [-0.3, -0.25) is 0 Å². The van der Waals surface area contributed by atoms with Crippen LogP contribution in [0.15, 0.2) is 42.5 Å². The molecule has 0 radical (unpaired) electrons. The second-order valence-electron chi connectivity index (χ2n) is 5.04. The molecule has 0 aliphatic carbocycles. The van der Waals surface area contributed by atoms with Crippen LogP contribution in [0.4, 0.5) is 4.39 Å². The summed E-state index contributed by atoms with van der Waals surface area (Å²) >= 11 is 5.89. The summed E-state index contributed by atoms with van der Waals surface area (Å²) in [6.45, 7) is 2.06. The Bertz CT molecular complexity index is 583. The zero-order chi connectivity index (χ0) is 14.5. The lowest BCUT2D eigenvalue weighted by molar-refractivity contribution is 0.165. The number of aryl methyl sites for hydroxylation is 2. The molecule has 0 heterocycles. The lowest BCUT2D eigenvalue weighted by Gasteiger charge is -2.13. The third-order valence-corrected chi connectivity index (χ3v) is 3.92. The van der Waals surface area contributed by atoms with Gasteiger partial charge in [-0.1, -0.05) is 48.0 Å². The van der Waals surface area contributed by atoms with Crippen molar-refractivity contribution in [2.24, 2.45) is 0 Å². The highest BCUT2D eigenvalue weighted by Crippen LogP contribution is 2.22. The van der Waals surface area contributed by atoms with Crippen molar-refractivity contribution in [3.63, 3.8) is 0 Å². The summed E-state index contributed by atoms with van der Waals surface area (Å²) < 4.78 is 13.3. The van der Waals surface area contributed by atoms with Gasteiger partial charge in [-0.15, -0.1) is 0 Å². The molecule has 0 aromatic heterocycles. The van der Waals surface area contributed by atoms with Crippen LogP contribution in [0.5, 0.6) is 0 Å². The molecule has 2 aromatic rings. The Kier molecular flexibility index (Phi) is 5.16. The van der Waals surface area contributed by atoms with Gasteiger partial charge in [0.15, 0.2) is 0 Å². The van der Waals surface area contributed by atoms with Crippen molar-refractivity contribution in [3.8, 4) is 0 Å². The van der Waals surface area contributed by atoms with E-state index in [4.69, 9.17) is 11.6 Å². The van der Waals surface area contributed by atoms with Gasteiger partial charge in [0.25, 0.3) is 0 Å². The zero-order valence-electron chi connectivity index (χ0n) is 11.4. The molecule has 1 N–H and O–H groups in total. The largest absolute Gasteiger partial charge is 0.393 e. The van der Waals surface area contributed by atoms with Gasteiger partial charge in [0.2, 0.25) is 0 Å². The number of hydrogen-bond donors (Lipinski definition) is 1. The molecule has 0 saturated heterocycles.